The topological polar surface area (TPSA) is 46.5 Å². The second-order valence-corrected chi connectivity index (χ2v) is 5.01. The molecule has 2 aliphatic carbocycles. The number of phenols is 1. The Kier molecular flexibility index (Phi) is 1.59. The van der Waals surface area contributed by atoms with Crippen LogP contribution in [0.3, 0.4) is 0 Å². The van der Waals surface area contributed by atoms with E-state index in [0.717, 1.165) is 18.4 Å². The molecule has 1 N–H and O–H groups in total. The van der Waals surface area contributed by atoms with E-state index in [1.165, 1.54) is 5.56 Å². The summed E-state index contributed by atoms with van der Waals surface area (Å²) in [5, 5.41) is 9.84. The lowest BCUT2D eigenvalue weighted by Crippen LogP contribution is -2.36. The fraction of sp³-hybridized carbons (Fsp3) is 0.357. The van der Waals surface area contributed by atoms with Crippen LogP contribution in [0.25, 0.3) is 0 Å². The molecular weight excluding hydrogens is 216 g/mol. The van der Waals surface area contributed by atoms with E-state index in [2.05, 4.69) is 0 Å². The first-order chi connectivity index (χ1) is 8.25. The highest BCUT2D eigenvalue weighted by Gasteiger charge is 2.48. The number of ether oxygens (including phenoxy) is 1. The van der Waals surface area contributed by atoms with Gasteiger partial charge in [-0.15, -0.1) is 0 Å². The summed E-state index contributed by atoms with van der Waals surface area (Å²) in [4.78, 5) is 11.8. The Labute approximate surface area is 98.7 Å². The summed E-state index contributed by atoms with van der Waals surface area (Å²) >= 11 is 0. The molecular formula is C14H12O3. The number of phenolic OH excluding ortho intramolecular Hbond substituents is 1. The molecule has 3 nitrogen and oxygen atoms in total. The lowest BCUT2D eigenvalue weighted by atomic mass is 9.70. The largest absolute Gasteiger partial charge is 0.504 e. The number of carbonyl (C=O) groups is 1. The van der Waals surface area contributed by atoms with Gasteiger partial charge in [0.05, 0.1) is 0 Å². The first-order valence-electron chi connectivity index (χ1n) is 5.99. The van der Waals surface area contributed by atoms with Crippen molar-refractivity contribution in [3.63, 3.8) is 0 Å². The lowest BCUT2D eigenvalue weighted by molar-refractivity contribution is -0.122. The Morgan fingerprint density at radius 3 is 3.12 bits per heavy atom. The zero-order chi connectivity index (χ0) is 11.6. The number of carbonyl (C=O) groups excluding carboxylic acids is 1. The summed E-state index contributed by atoms with van der Waals surface area (Å²) < 4.78 is 5.69. The lowest BCUT2D eigenvalue weighted by Gasteiger charge is -2.32. The van der Waals surface area contributed by atoms with E-state index in [4.69, 9.17) is 4.74 Å². The number of benzene rings is 1. The van der Waals surface area contributed by atoms with Crippen molar-refractivity contribution < 1.29 is 14.6 Å². The second-order valence-electron chi connectivity index (χ2n) is 5.01. The molecule has 0 amide bonds. The van der Waals surface area contributed by atoms with Crippen molar-refractivity contribution in [2.45, 2.75) is 24.9 Å². The predicted molar refractivity (Wildman–Crippen MR) is 61.2 cm³/mol. The average molecular weight is 228 g/mol. The Morgan fingerprint density at radius 1 is 1.35 bits per heavy atom. The molecule has 1 aromatic carbocycles. The number of allylic oxidation sites excluding steroid dienone is 1. The Balaban J connectivity index is 1.99. The zero-order valence-corrected chi connectivity index (χ0v) is 9.22. The number of aromatic hydroxyl groups is 1. The van der Waals surface area contributed by atoms with Gasteiger partial charge in [-0.05, 0) is 36.5 Å². The number of aryl methyl sites for hydroxylation is 1. The molecule has 0 saturated carbocycles. The van der Waals surface area contributed by atoms with Crippen molar-refractivity contribution in [2.24, 2.45) is 5.92 Å². The van der Waals surface area contributed by atoms with E-state index in [1.54, 1.807) is 12.1 Å². The van der Waals surface area contributed by atoms with Gasteiger partial charge in [-0.3, -0.25) is 4.79 Å². The van der Waals surface area contributed by atoms with Gasteiger partial charge in [0.1, 0.15) is 0 Å². The minimum atomic E-state index is -0.410. The molecule has 1 aliphatic heterocycles. The molecule has 1 aromatic rings. The third-order valence-corrected chi connectivity index (χ3v) is 4.17. The van der Waals surface area contributed by atoms with Gasteiger partial charge >= 0.3 is 0 Å². The van der Waals surface area contributed by atoms with Gasteiger partial charge in [0.15, 0.2) is 23.4 Å². The quantitative estimate of drug-likeness (QED) is 0.738. The summed E-state index contributed by atoms with van der Waals surface area (Å²) in [5.41, 5.74) is 2.30. The van der Waals surface area contributed by atoms with Crippen molar-refractivity contribution in [3.05, 3.63) is 35.4 Å². The molecule has 0 bridgehead atoms. The van der Waals surface area contributed by atoms with Crippen LogP contribution in [0.1, 0.15) is 23.5 Å². The van der Waals surface area contributed by atoms with Crippen molar-refractivity contribution in [2.75, 3.05) is 0 Å². The van der Waals surface area contributed by atoms with Crippen LogP contribution in [0.4, 0.5) is 0 Å². The fourth-order valence-corrected chi connectivity index (χ4v) is 3.39. The third-order valence-electron chi connectivity index (χ3n) is 4.17. The minimum absolute atomic E-state index is 0.0229. The standard InChI is InChI=1S/C14H12O3/c15-9-5-3-7-1-2-8-4-6-10(16)14-12(8)11(7)13(9)17-14/h3-7,11,13,16H,1-2H2. The number of hydrogen-bond acceptors (Lipinski definition) is 3. The Hall–Kier alpha value is -1.77. The van der Waals surface area contributed by atoms with Crippen molar-refractivity contribution in [3.8, 4) is 11.5 Å². The molecule has 86 valence electrons. The molecule has 4 rings (SSSR count). The van der Waals surface area contributed by atoms with Crippen LogP contribution in [0.15, 0.2) is 24.3 Å². The maximum atomic E-state index is 11.8. The summed E-state index contributed by atoms with van der Waals surface area (Å²) in [5.74, 6) is 1.23. The van der Waals surface area contributed by atoms with Gasteiger partial charge in [-0.2, -0.15) is 0 Å². The zero-order valence-electron chi connectivity index (χ0n) is 9.22. The van der Waals surface area contributed by atoms with Crippen LogP contribution < -0.4 is 4.74 Å². The summed E-state index contributed by atoms with van der Waals surface area (Å²) in [7, 11) is 0. The van der Waals surface area contributed by atoms with E-state index in [-0.39, 0.29) is 17.5 Å². The third kappa shape index (κ3) is 1.04. The van der Waals surface area contributed by atoms with Crippen molar-refractivity contribution >= 4 is 5.78 Å². The normalized spacial score (nSPS) is 32.2. The molecule has 1 heterocycles. The fourth-order valence-electron chi connectivity index (χ4n) is 3.39. The van der Waals surface area contributed by atoms with E-state index in [1.807, 2.05) is 12.1 Å². The molecule has 17 heavy (non-hydrogen) atoms. The smallest absolute Gasteiger partial charge is 0.196 e. The molecule has 3 atom stereocenters. The average Bonchev–Trinajstić information content (AvgIpc) is 2.75. The SMILES string of the molecule is O=C1C=CC2CCc3ccc(O)c4c3C2C1O4. The molecule has 3 unspecified atom stereocenters. The number of ketones is 1. The molecule has 3 heteroatoms. The van der Waals surface area contributed by atoms with Gasteiger partial charge < -0.3 is 9.84 Å². The summed E-state index contributed by atoms with van der Waals surface area (Å²) in [6.45, 7) is 0. The Morgan fingerprint density at radius 2 is 2.24 bits per heavy atom. The molecule has 0 saturated heterocycles. The molecule has 0 spiro atoms. The highest BCUT2D eigenvalue weighted by molar-refractivity contribution is 5.97. The van der Waals surface area contributed by atoms with Crippen LogP contribution in [-0.4, -0.2) is 17.0 Å². The van der Waals surface area contributed by atoms with Crippen LogP contribution in [0.5, 0.6) is 11.5 Å². The van der Waals surface area contributed by atoms with Gasteiger partial charge in [0.2, 0.25) is 0 Å². The monoisotopic (exact) mass is 228 g/mol. The van der Waals surface area contributed by atoms with Crippen molar-refractivity contribution in [1.29, 1.82) is 0 Å². The van der Waals surface area contributed by atoms with E-state index < -0.39 is 6.10 Å². The highest BCUT2D eigenvalue weighted by Crippen LogP contribution is 2.54. The van der Waals surface area contributed by atoms with E-state index in [9.17, 15) is 9.90 Å². The van der Waals surface area contributed by atoms with Crippen LogP contribution in [0, 0.1) is 5.92 Å². The molecule has 0 aromatic heterocycles. The molecule has 3 aliphatic rings. The van der Waals surface area contributed by atoms with Gasteiger partial charge in [-0.1, -0.05) is 12.1 Å². The maximum Gasteiger partial charge on any atom is 0.196 e. The number of rotatable bonds is 0. The first kappa shape index (κ1) is 9.28. The molecule has 0 fully saturated rings. The predicted octanol–water partition coefficient (Wildman–Crippen LogP) is 1.94. The number of hydrogen-bond donors (Lipinski definition) is 1. The van der Waals surface area contributed by atoms with E-state index in [0.29, 0.717) is 11.7 Å². The first-order valence-corrected chi connectivity index (χ1v) is 5.99. The minimum Gasteiger partial charge on any atom is -0.504 e. The van der Waals surface area contributed by atoms with Crippen molar-refractivity contribution in [1.82, 2.24) is 0 Å². The van der Waals surface area contributed by atoms with Crippen LogP contribution in [-0.2, 0) is 11.2 Å². The van der Waals surface area contributed by atoms with Gasteiger partial charge in [-0.25, -0.2) is 0 Å². The second kappa shape index (κ2) is 2.92. The summed E-state index contributed by atoms with van der Waals surface area (Å²) in [6.07, 6.45) is 5.30. The van der Waals surface area contributed by atoms with Crippen LogP contribution in [0.2, 0.25) is 0 Å². The van der Waals surface area contributed by atoms with Gasteiger partial charge in [0, 0.05) is 11.5 Å². The van der Waals surface area contributed by atoms with Crippen LogP contribution >= 0.6 is 0 Å². The molecule has 0 radical (unpaired) electrons. The summed E-state index contributed by atoms with van der Waals surface area (Å²) in [6, 6.07) is 3.63. The Bertz CT molecular complexity index is 559. The highest BCUT2D eigenvalue weighted by atomic mass is 16.5. The van der Waals surface area contributed by atoms with E-state index >= 15 is 0 Å². The maximum absolute atomic E-state index is 11.8. The van der Waals surface area contributed by atoms with Gasteiger partial charge in [0.25, 0.3) is 0 Å².